The van der Waals surface area contributed by atoms with E-state index in [2.05, 4.69) is 0 Å². The van der Waals surface area contributed by atoms with Crippen molar-refractivity contribution in [1.29, 1.82) is 0 Å². The maximum Gasteiger partial charge on any atom is 0.193 e. The molecule has 0 heterocycles. The van der Waals surface area contributed by atoms with Crippen molar-refractivity contribution in [2.75, 3.05) is 0 Å². The molecule has 2 aromatic carbocycles. The van der Waals surface area contributed by atoms with Crippen LogP contribution in [0.25, 0.3) is 10.8 Å². The molecule has 1 unspecified atom stereocenters. The largest absolute Gasteiger partial charge is 0.346 e. The first-order valence-corrected chi connectivity index (χ1v) is 6.02. The van der Waals surface area contributed by atoms with Crippen LogP contribution in [0.3, 0.4) is 0 Å². The highest BCUT2D eigenvalue weighted by atomic mass is 31.1. The lowest BCUT2D eigenvalue weighted by molar-refractivity contribution is 0.502. The Morgan fingerprint density at radius 3 is 2.57 bits per heavy atom. The van der Waals surface area contributed by atoms with Gasteiger partial charge < -0.3 is 4.89 Å². The van der Waals surface area contributed by atoms with Gasteiger partial charge in [-0.05, 0) is 16.3 Å². The molecule has 2 nitrogen and oxygen atoms in total. The van der Waals surface area contributed by atoms with Crippen molar-refractivity contribution >= 4 is 18.8 Å². The molecule has 2 aromatic rings. The van der Waals surface area contributed by atoms with Crippen molar-refractivity contribution < 1.29 is 9.46 Å². The van der Waals surface area contributed by atoms with Crippen molar-refractivity contribution in [3.05, 3.63) is 48.0 Å². The fraction of sp³-hybridized carbons (Fsp3) is 0.0909. The quantitative estimate of drug-likeness (QED) is 0.767. The molecule has 0 aliphatic carbocycles. The maximum atomic E-state index is 10.8. The zero-order valence-corrected chi connectivity index (χ0v) is 8.60. The molecule has 0 amide bonds. The summed E-state index contributed by atoms with van der Waals surface area (Å²) in [4.78, 5) is 8.91. The van der Waals surface area contributed by atoms with E-state index in [1.165, 1.54) is 0 Å². The van der Waals surface area contributed by atoms with Gasteiger partial charge in [0.15, 0.2) is 8.03 Å². The summed E-state index contributed by atoms with van der Waals surface area (Å²) < 4.78 is 10.8. The molecule has 2 rings (SSSR count). The van der Waals surface area contributed by atoms with Crippen LogP contribution < -0.4 is 0 Å². The molecule has 0 radical (unpaired) electrons. The third-order valence-electron chi connectivity index (χ3n) is 2.22. The standard InChI is InChI=1S/C11H11O2P/c12-14(13)8-10-6-3-5-9-4-1-2-7-11(9)10/h1-7,14H,8H2,(H,12,13). The van der Waals surface area contributed by atoms with Crippen LogP contribution in [0.15, 0.2) is 42.5 Å². The molecule has 0 aliphatic heterocycles. The van der Waals surface area contributed by atoms with E-state index >= 15 is 0 Å². The first-order valence-electron chi connectivity index (χ1n) is 4.46. The third-order valence-corrected chi connectivity index (χ3v) is 2.90. The Morgan fingerprint density at radius 1 is 1.07 bits per heavy atom. The second kappa shape index (κ2) is 3.95. The number of hydrogen-bond acceptors (Lipinski definition) is 1. The SMILES string of the molecule is O=[PH](O)Cc1cccc2ccccc12. The highest BCUT2D eigenvalue weighted by molar-refractivity contribution is 7.37. The molecular formula is C11H11O2P. The zero-order chi connectivity index (χ0) is 9.97. The van der Waals surface area contributed by atoms with Crippen LogP contribution >= 0.6 is 8.03 Å². The van der Waals surface area contributed by atoms with Gasteiger partial charge in [-0.2, -0.15) is 0 Å². The Labute approximate surface area is 83.1 Å². The summed E-state index contributed by atoms with van der Waals surface area (Å²) in [5.41, 5.74) is 0.953. The Kier molecular flexibility index (Phi) is 2.67. The first-order chi connectivity index (χ1) is 6.77. The lowest BCUT2D eigenvalue weighted by Crippen LogP contribution is -1.82. The highest BCUT2D eigenvalue weighted by Crippen LogP contribution is 2.27. The van der Waals surface area contributed by atoms with E-state index in [1.54, 1.807) is 0 Å². The molecule has 3 heteroatoms. The van der Waals surface area contributed by atoms with Crippen molar-refractivity contribution in [3.8, 4) is 0 Å². The van der Waals surface area contributed by atoms with Crippen LogP contribution in [0.2, 0.25) is 0 Å². The summed E-state index contributed by atoms with van der Waals surface area (Å²) in [5.74, 6) is 0. The van der Waals surface area contributed by atoms with Crippen LogP contribution in [0.4, 0.5) is 0 Å². The fourth-order valence-electron chi connectivity index (χ4n) is 1.61. The monoisotopic (exact) mass is 206 g/mol. The summed E-state index contributed by atoms with van der Waals surface area (Å²) in [6, 6.07) is 13.7. The Balaban J connectivity index is 2.59. The Bertz CT molecular complexity index is 474. The third kappa shape index (κ3) is 1.87. The first kappa shape index (κ1) is 9.45. The van der Waals surface area contributed by atoms with Crippen LogP contribution in [-0.4, -0.2) is 4.89 Å². The summed E-state index contributed by atoms with van der Waals surface area (Å²) in [6.07, 6.45) is 0.270. The van der Waals surface area contributed by atoms with E-state index in [4.69, 9.17) is 4.89 Å². The van der Waals surface area contributed by atoms with E-state index in [1.807, 2.05) is 42.5 Å². The van der Waals surface area contributed by atoms with Crippen LogP contribution in [0.1, 0.15) is 5.56 Å². The summed E-state index contributed by atoms with van der Waals surface area (Å²) >= 11 is 0. The topological polar surface area (TPSA) is 37.3 Å². The van der Waals surface area contributed by atoms with Gasteiger partial charge in [-0.25, -0.2) is 0 Å². The number of benzene rings is 2. The molecule has 72 valence electrons. The predicted octanol–water partition coefficient (Wildman–Crippen LogP) is 2.81. The van der Waals surface area contributed by atoms with Gasteiger partial charge in [0.25, 0.3) is 0 Å². The van der Waals surface area contributed by atoms with Crippen LogP contribution in [-0.2, 0) is 10.7 Å². The Hall–Kier alpha value is -1.11. The van der Waals surface area contributed by atoms with Crippen LogP contribution in [0, 0.1) is 0 Å². The molecule has 0 aromatic heterocycles. The molecule has 0 saturated carbocycles. The zero-order valence-electron chi connectivity index (χ0n) is 7.60. The lowest BCUT2D eigenvalue weighted by atomic mass is 10.1. The van der Waals surface area contributed by atoms with Crippen molar-refractivity contribution in [2.24, 2.45) is 0 Å². The van der Waals surface area contributed by atoms with Crippen molar-refractivity contribution in [2.45, 2.75) is 6.16 Å². The molecule has 0 bridgehead atoms. The molecular weight excluding hydrogens is 195 g/mol. The molecule has 1 atom stereocenters. The van der Waals surface area contributed by atoms with Gasteiger partial charge >= 0.3 is 0 Å². The number of rotatable bonds is 2. The lowest BCUT2D eigenvalue weighted by Gasteiger charge is -2.03. The summed E-state index contributed by atoms with van der Waals surface area (Å²) in [6.45, 7) is 0. The van der Waals surface area contributed by atoms with Gasteiger partial charge in [-0.3, -0.25) is 4.57 Å². The van der Waals surface area contributed by atoms with Gasteiger partial charge in [0.2, 0.25) is 0 Å². The fourth-order valence-corrected chi connectivity index (χ4v) is 2.24. The average molecular weight is 206 g/mol. The molecule has 14 heavy (non-hydrogen) atoms. The van der Waals surface area contributed by atoms with E-state index in [0.29, 0.717) is 0 Å². The number of hydrogen-bond donors (Lipinski definition) is 1. The minimum absolute atomic E-state index is 0.270. The van der Waals surface area contributed by atoms with E-state index < -0.39 is 8.03 Å². The maximum absolute atomic E-state index is 10.8. The van der Waals surface area contributed by atoms with Crippen LogP contribution in [0.5, 0.6) is 0 Å². The highest BCUT2D eigenvalue weighted by Gasteiger charge is 2.01. The molecule has 0 saturated heterocycles. The predicted molar refractivity (Wildman–Crippen MR) is 58.9 cm³/mol. The molecule has 0 spiro atoms. The van der Waals surface area contributed by atoms with Gasteiger partial charge in [0.05, 0.1) is 0 Å². The van der Waals surface area contributed by atoms with Crippen molar-refractivity contribution in [1.82, 2.24) is 0 Å². The molecule has 0 aliphatic rings. The Morgan fingerprint density at radius 2 is 1.79 bits per heavy atom. The minimum Gasteiger partial charge on any atom is -0.346 e. The van der Waals surface area contributed by atoms with Crippen molar-refractivity contribution in [3.63, 3.8) is 0 Å². The van der Waals surface area contributed by atoms with E-state index in [9.17, 15) is 4.57 Å². The second-order valence-corrected chi connectivity index (χ2v) is 4.35. The number of fused-ring (bicyclic) bond motifs is 1. The van der Waals surface area contributed by atoms with Gasteiger partial charge in [0, 0.05) is 6.16 Å². The van der Waals surface area contributed by atoms with E-state index in [-0.39, 0.29) is 6.16 Å². The minimum atomic E-state index is -2.43. The van der Waals surface area contributed by atoms with E-state index in [0.717, 1.165) is 16.3 Å². The average Bonchev–Trinajstić information content (AvgIpc) is 2.18. The van der Waals surface area contributed by atoms with Gasteiger partial charge in [-0.1, -0.05) is 42.5 Å². The normalized spacial score (nSPS) is 12.9. The molecule has 0 fully saturated rings. The van der Waals surface area contributed by atoms with Gasteiger partial charge in [-0.15, -0.1) is 0 Å². The molecule has 1 N–H and O–H groups in total. The second-order valence-electron chi connectivity index (χ2n) is 3.21. The van der Waals surface area contributed by atoms with Gasteiger partial charge in [0.1, 0.15) is 0 Å². The summed E-state index contributed by atoms with van der Waals surface area (Å²) in [5, 5.41) is 2.19. The smallest absolute Gasteiger partial charge is 0.193 e. The summed E-state index contributed by atoms with van der Waals surface area (Å²) in [7, 11) is -2.43.